The largest absolute Gasteiger partial charge is 0.416 e. The number of hydrogen-bond donors (Lipinski definition) is 1. The molecule has 1 saturated heterocycles. The summed E-state index contributed by atoms with van der Waals surface area (Å²) >= 11 is 5.79. The highest BCUT2D eigenvalue weighted by molar-refractivity contribution is 6.30. The van der Waals surface area contributed by atoms with Crippen molar-refractivity contribution in [3.8, 4) is 0 Å². The van der Waals surface area contributed by atoms with Gasteiger partial charge in [0, 0.05) is 29.8 Å². The average molecular weight is 293 g/mol. The first-order valence-electron chi connectivity index (χ1n) is 6.20. The second-order valence-corrected chi connectivity index (χ2v) is 5.18. The van der Waals surface area contributed by atoms with E-state index in [1.54, 1.807) is 6.07 Å². The predicted molar refractivity (Wildman–Crippen MR) is 70.7 cm³/mol. The molecule has 0 atom stereocenters. The minimum absolute atomic E-state index is 0.126. The summed E-state index contributed by atoms with van der Waals surface area (Å²) in [7, 11) is 1.90. The van der Waals surface area contributed by atoms with Gasteiger partial charge in [-0.3, -0.25) is 0 Å². The molecule has 0 aromatic heterocycles. The first kappa shape index (κ1) is 14.5. The normalized spacial score (nSPS) is 17.8. The lowest BCUT2D eigenvalue weighted by Gasteiger charge is -2.33. The zero-order valence-electron chi connectivity index (χ0n) is 10.6. The molecule has 0 aliphatic carbocycles. The fourth-order valence-electron chi connectivity index (χ4n) is 2.35. The van der Waals surface area contributed by atoms with E-state index in [2.05, 4.69) is 5.32 Å². The Kier molecular flexibility index (Phi) is 4.26. The maximum absolute atomic E-state index is 12.7. The van der Waals surface area contributed by atoms with Gasteiger partial charge in [0.1, 0.15) is 0 Å². The standard InChI is InChI=1S/C13H16ClF3N2/c1-18-11-2-4-19(5-3-11)12-7-9(13(15,16)17)6-10(14)8-12/h6-8,11,18H,2-5H2,1H3. The molecule has 0 unspecified atom stereocenters. The number of nitrogens with one attached hydrogen (secondary N) is 1. The Hall–Kier alpha value is -0.940. The Morgan fingerprint density at radius 1 is 1.21 bits per heavy atom. The summed E-state index contributed by atoms with van der Waals surface area (Å²) in [6, 6.07) is 4.17. The van der Waals surface area contributed by atoms with E-state index in [9.17, 15) is 13.2 Å². The molecule has 106 valence electrons. The summed E-state index contributed by atoms with van der Waals surface area (Å²) < 4.78 is 38.2. The third-order valence-corrected chi connectivity index (χ3v) is 3.70. The van der Waals surface area contributed by atoms with E-state index in [0.29, 0.717) is 11.7 Å². The molecule has 2 rings (SSSR count). The molecule has 0 saturated carbocycles. The Morgan fingerprint density at radius 2 is 1.84 bits per heavy atom. The van der Waals surface area contributed by atoms with Gasteiger partial charge in [-0.15, -0.1) is 0 Å². The van der Waals surface area contributed by atoms with E-state index in [1.807, 2.05) is 11.9 Å². The lowest BCUT2D eigenvalue weighted by molar-refractivity contribution is -0.137. The number of halogens is 4. The van der Waals surface area contributed by atoms with Gasteiger partial charge in [-0.2, -0.15) is 13.2 Å². The van der Waals surface area contributed by atoms with Crippen molar-refractivity contribution in [2.45, 2.75) is 25.1 Å². The van der Waals surface area contributed by atoms with Gasteiger partial charge >= 0.3 is 6.18 Å². The van der Waals surface area contributed by atoms with Gasteiger partial charge in [-0.1, -0.05) is 11.6 Å². The third kappa shape index (κ3) is 3.54. The molecule has 0 spiro atoms. The van der Waals surface area contributed by atoms with E-state index in [-0.39, 0.29) is 5.02 Å². The van der Waals surface area contributed by atoms with Crippen LogP contribution in [0.5, 0.6) is 0 Å². The highest BCUT2D eigenvalue weighted by Gasteiger charge is 2.32. The third-order valence-electron chi connectivity index (χ3n) is 3.48. The van der Waals surface area contributed by atoms with Crippen LogP contribution in [0, 0.1) is 0 Å². The molecule has 0 radical (unpaired) electrons. The molecule has 19 heavy (non-hydrogen) atoms. The van der Waals surface area contributed by atoms with Crippen molar-refractivity contribution in [3.05, 3.63) is 28.8 Å². The van der Waals surface area contributed by atoms with Gasteiger partial charge in [0.2, 0.25) is 0 Å². The maximum Gasteiger partial charge on any atom is 0.416 e. The van der Waals surface area contributed by atoms with Crippen molar-refractivity contribution in [3.63, 3.8) is 0 Å². The molecular formula is C13H16ClF3N2. The highest BCUT2D eigenvalue weighted by atomic mass is 35.5. The van der Waals surface area contributed by atoms with E-state index in [4.69, 9.17) is 11.6 Å². The van der Waals surface area contributed by atoms with Crippen molar-refractivity contribution in [1.29, 1.82) is 0 Å². The number of anilines is 1. The number of hydrogen-bond acceptors (Lipinski definition) is 2. The highest BCUT2D eigenvalue weighted by Crippen LogP contribution is 2.34. The van der Waals surface area contributed by atoms with E-state index >= 15 is 0 Å². The summed E-state index contributed by atoms with van der Waals surface area (Å²) in [4.78, 5) is 1.95. The summed E-state index contributed by atoms with van der Waals surface area (Å²) in [5, 5.41) is 3.32. The predicted octanol–water partition coefficient (Wildman–Crippen LogP) is 3.55. The number of piperidine rings is 1. The second kappa shape index (κ2) is 5.59. The van der Waals surface area contributed by atoms with Crippen LogP contribution in [-0.4, -0.2) is 26.2 Å². The topological polar surface area (TPSA) is 15.3 Å². The van der Waals surface area contributed by atoms with Crippen LogP contribution in [0.15, 0.2) is 18.2 Å². The average Bonchev–Trinajstić information content (AvgIpc) is 2.37. The van der Waals surface area contributed by atoms with Crippen LogP contribution in [0.2, 0.25) is 5.02 Å². The maximum atomic E-state index is 12.7. The quantitative estimate of drug-likeness (QED) is 0.897. The second-order valence-electron chi connectivity index (χ2n) is 4.75. The molecule has 2 nitrogen and oxygen atoms in total. The molecule has 1 heterocycles. The van der Waals surface area contributed by atoms with Crippen LogP contribution in [0.3, 0.4) is 0 Å². The van der Waals surface area contributed by atoms with E-state index < -0.39 is 11.7 Å². The fourth-order valence-corrected chi connectivity index (χ4v) is 2.58. The van der Waals surface area contributed by atoms with Gasteiger partial charge in [0.15, 0.2) is 0 Å². The lowest BCUT2D eigenvalue weighted by Crippen LogP contribution is -2.41. The molecule has 1 aliphatic rings. The SMILES string of the molecule is CNC1CCN(c2cc(Cl)cc(C(F)(F)F)c2)CC1. The van der Waals surface area contributed by atoms with Gasteiger partial charge in [-0.25, -0.2) is 0 Å². The van der Waals surface area contributed by atoms with Crippen molar-refractivity contribution >= 4 is 17.3 Å². The number of alkyl halides is 3. The van der Waals surface area contributed by atoms with Crippen LogP contribution < -0.4 is 10.2 Å². The van der Waals surface area contributed by atoms with Crippen molar-refractivity contribution in [2.75, 3.05) is 25.0 Å². The summed E-state index contributed by atoms with van der Waals surface area (Å²) in [5.41, 5.74) is -0.139. The number of nitrogens with zero attached hydrogens (tertiary/aromatic N) is 1. The number of rotatable bonds is 2. The van der Waals surface area contributed by atoms with Gasteiger partial charge in [0.05, 0.1) is 5.56 Å². The number of benzene rings is 1. The molecule has 1 aromatic carbocycles. The molecule has 1 fully saturated rings. The smallest absolute Gasteiger partial charge is 0.371 e. The monoisotopic (exact) mass is 292 g/mol. The lowest BCUT2D eigenvalue weighted by atomic mass is 10.0. The Labute approximate surface area is 115 Å². The Morgan fingerprint density at radius 3 is 2.37 bits per heavy atom. The van der Waals surface area contributed by atoms with Crippen molar-refractivity contribution in [1.82, 2.24) is 5.32 Å². The Balaban J connectivity index is 2.19. The first-order valence-corrected chi connectivity index (χ1v) is 6.58. The van der Waals surface area contributed by atoms with E-state index in [1.165, 1.54) is 6.07 Å². The van der Waals surface area contributed by atoms with Crippen molar-refractivity contribution < 1.29 is 13.2 Å². The van der Waals surface area contributed by atoms with Crippen LogP contribution in [0.4, 0.5) is 18.9 Å². The van der Waals surface area contributed by atoms with Crippen LogP contribution in [-0.2, 0) is 6.18 Å². The van der Waals surface area contributed by atoms with Gasteiger partial charge in [0.25, 0.3) is 0 Å². The molecule has 0 amide bonds. The molecular weight excluding hydrogens is 277 g/mol. The van der Waals surface area contributed by atoms with Crippen LogP contribution in [0.25, 0.3) is 0 Å². The summed E-state index contributed by atoms with van der Waals surface area (Å²) in [6.45, 7) is 1.48. The van der Waals surface area contributed by atoms with Crippen LogP contribution in [0.1, 0.15) is 18.4 Å². The zero-order valence-corrected chi connectivity index (χ0v) is 11.4. The molecule has 1 N–H and O–H groups in total. The fraction of sp³-hybridized carbons (Fsp3) is 0.538. The summed E-state index contributed by atoms with van der Waals surface area (Å²) in [6.07, 6.45) is -2.52. The molecule has 1 aliphatic heterocycles. The molecule has 1 aromatic rings. The van der Waals surface area contributed by atoms with Gasteiger partial charge < -0.3 is 10.2 Å². The Bertz CT molecular complexity index is 440. The molecule has 0 bridgehead atoms. The summed E-state index contributed by atoms with van der Waals surface area (Å²) in [5.74, 6) is 0. The minimum Gasteiger partial charge on any atom is -0.371 e. The van der Waals surface area contributed by atoms with E-state index in [0.717, 1.165) is 32.0 Å². The first-order chi connectivity index (χ1) is 8.90. The van der Waals surface area contributed by atoms with Crippen molar-refractivity contribution in [2.24, 2.45) is 0 Å². The minimum atomic E-state index is -4.36. The van der Waals surface area contributed by atoms with Gasteiger partial charge in [-0.05, 0) is 38.1 Å². The zero-order chi connectivity index (χ0) is 14.0. The van der Waals surface area contributed by atoms with Crippen LogP contribution >= 0.6 is 11.6 Å². The molecule has 6 heteroatoms.